The molecule has 0 spiro atoms. The Bertz CT molecular complexity index is 877. The van der Waals surface area contributed by atoms with Gasteiger partial charge in [0.05, 0.1) is 7.11 Å². The monoisotopic (exact) mass is 331 g/mol. The molecule has 0 unspecified atom stereocenters. The second-order valence-corrected chi connectivity index (χ2v) is 5.79. The van der Waals surface area contributed by atoms with Gasteiger partial charge in [0.2, 0.25) is 5.91 Å². The Balaban J connectivity index is 1.55. The van der Waals surface area contributed by atoms with Gasteiger partial charge in [-0.05, 0) is 46.5 Å². The van der Waals surface area contributed by atoms with E-state index in [9.17, 15) is 4.79 Å². The maximum absolute atomic E-state index is 12.0. The third kappa shape index (κ3) is 4.48. The number of ether oxygens (including phenoxy) is 1. The summed E-state index contributed by atoms with van der Waals surface area (Å²) in [5.74, 6) is 0.757. The van der Waals surface area contributed by atoms with E-state index in [0.29, 0.717) is 6.54 Å². The third-order valence-electron chi connectivity index (χ3n) is 4.11. The van der Waals surface area contributed by atoms with Crippen LogP contribution in [0.25, 0.3) is 16.8 Å². The van der Waals surface area contributed by atoms with Crippen molar-refractivity contribution >= 4 is 22.8 Å². The lowest BCUT2D eigenvalue weighted by molar-refractivity contribution is -0.116. The summed E-state index contributed by atoms with van der Waals surface area (Å²) in [7, 11) is 1.65. The molecule has 3 aromatic carbocycles. The summed E-state index contributed by atoms with van der Waals surface area (Å²) in [6, 6.07) is 22.1. The van der Waals surface area contributed by atoms with Crippen LogP contribution in [0.3, 0.4) is 0 Å². The first-order valence-corrected chi connectivity index (χ1v) is 8.33. The van der Waals surface area contributed by atoms with Crippen molar-refractivity contribution in [2.45, 2.75) is 6.42 Å². The molecule has 0 aromatic heterocycles. The number of rotatable bonds is 6. The zero-order chi connectivity index (χ0) is 17.5. The smallest absolute Gasteiger partial charge is 0.244 e. The number of fused-ring (bicyclic) bond motifs is 1. The van der Waals surface area contributed by atoms with Crippen molar-refractivity contribution in [1.82, 2.24) is 5.32 Å². The van der Waals surface area contributed by atoms with Crippen LogP contribution in [-0.2, 0) is 11.2 Å². The molecule has 3 nitrogen and oxygen atoms in total. The summed E-state index contributed by atoms with van der Waals surface area (Å²) in [4.78, 5) is 12.0. The molecular weight excluding hydrogens is 310 g/mol. The van der Waals surface area contributed by atoms with Gasteiger partial charge in [-0.15, -0.1) is 0 Å². The molecule has 126 valence electrons. The van der Waals surface area contributed by atoms with E-state index in [1.807, 2.05) is 54.6 Å². The van der Waals surface area contributed by atoms with Gasteiger partial charge in [0, 0.05) is 12.6 Å². The van der Waals surface area contributed by atoms with Crippen molar-refractivity contribution in [2.24, 2.45) is 0 Å². The lowest BCUT2D eigenvalue weighted by Crippen LogP contribution is -2.23. The first-order valence-electron chi connectivity index (χ1n) is 8.33. The highest BCUT2D eigenvalue weighted by atomic mass is 16.5. The minimum absolute atomic E-state index is 0.0820. The van der Waals surface area contributed by atoms with Crippen LogP contribution in [-0.4, -0.2) is 19.6 Å². The van der Waals surface area contributed by atoms with Gasteiger partial charge in [0.15, 0.2) is 0 Å². The number of carbonyl (C=O) groups is 1. The molecule has 0 saturated heterocycles. The second kappa shape index (κ2) is 8.15. The zero-order valence-electron chi connectivity index (χ0n) is 14.2. The molecule has 1 amide bonds. The lowest BCUT2D eigenvalue weighted by atomic mass is 10.0. The molecule has 0 aliphatic heterocycles. The Kier molecular flexibility index (Phi) is 5.47. The number of benzene rings is 3. The van der Waals surface area contributed by atoms with Crippen molar-refractivity contribution in [3.8, 4) is 5.75 Å². The van der Waals surface area contributed by atoms with Gasteiger partial charge < -0.3 is 10.1 Å². The van der Waals surface area contributed by atoms with Crippen molar-refractivity contribution in [1.29, 1.82) is 0 Å². The van der Waals surface area contributed by atoms with Crippen LogP contribution < -0.4 is 10.1 Å². The van der Waals surface area contributed by atoms with Gasteiger partial charge >= 0.3 is 0 Å². The molecule has 0 fully saturated rings. The van der Waals surface area contributed by atoms with Crippen LogP contribution in [0, 0.1) is 0 Å². The van der Waals surface area contributed by atoms with Gasteiger partial charge in [0.1, 0.15) is 5.75 Å². The Morgan fingerprint density at radius 2 is 1.76 bits per heavy atom. The topological polar surface area (TPSA) is 38.3 Å². The predicted octanol–water partition coefficient (Wildman–Crippen LogP) is 4.22. The molecule has 0 bridgehead atoms. The van der Waals surface area contributed by atoms with Crippen LogP contribution >= 0.6 is 0 Å². The van der Waals surface area contributed by atoms with E-state index < -0.39 is 0 Å². The molecule has 3 heteroatoms. The molecule has 0 heterocycles. The zero-order valence-corrected chi connectivity index (χ0v) is 14.2. The number of nitrogens with one attached hydrogen (secondary N) is 1. The Labute approximate surface area is 147 Å². The first kappa shape index (κ1) is 16.8. The van der Waals surface area contributed by atoms with Crippen molar-refractivity contribution in [2.75, 3.05) is 13.7 Å². The highest BCUT2D eigenvalue weighted by Gasteiger charge is 2.00. The molecule has 0 saturated carbocycles. The van der Waals surface area contributed by atoms with E-state index in [1.165, 1.54) is 10.9 Å². The lowest BCUT2D eigenvalue weighted by Gasteiger charge is -2.05. The van der Waals surface area contributed by atoms with Gasteiger partial charge in [-0.2, -0.15) is 0 Å². The van der Waals surface area contributed by atoms with E-state index in [1.54, 1.807) is 13.2 Å². The number of methoxy groups -OCH3 is 1. The maximum atomic E-state index is 12.0. The molecular formula is C22H21NO2. The molecule has 0 radical (unpaired) electrons. The Morgan fingerprint density at radius 3 is 2.56 bits per heavy atom. The minimum atomic E-state index is -0.0820. The van der Waals surface area contributed by atoms with E-state index in [0.717, 1.165) is 23.1 Å². The highest BCUT2D eigenvalue weighted by molar-refractivity contribution is 5.96. The molecule has 3 rings (SSSR count). The van der Waals surface area contributed by atoms with Gasteiger partial charge in [-0.1, -0.05) is 54.6 Å². The SMILES string of the molecule is COc1ccc(CCNC(=O)/C=C/c2cccc3ccccc23)cc1. The molecule has 0 atom stereocenters. The second-order valence-electron chi connectivity index (χ2n) is 5.79. The summed E-state index contributed by atoms with van der Waals surface area (Å²) in [6.45, 7) is 0.602. The third-order valence-corrected chi connectivity index (χ3v) is 4.11. The van der Waals surface area contributed by atoms with E-state index in [4.69, 9.17) is 4.74 Å². The fourth-order valence-corrected chi connectivity index (χ4v) is 2.74. The molecule has 1 N–H and O–H groups in total. The fourth-order valence-electron chi connectivity index (χ4n) is 2.74. The van der Waals surface area contributed by atoms with Gasteiger partial charge in [0.25, 0.3) is 0 Å². The van der Waals surface area contributed by atoms with Crippen LogP contribution in [0.2, 0.25) is 0 Å². The van der Waals surface area contributed by atoms with Gasteiger partial charge in [-0.25, -0.2) is 0 Å². The van der Waals surface area contributed by atoms with Gasteiger partial charge in [-0.3, -0.25) is 4.79 Å². The van der Waals surface area contributed by atoms with Crippen LogP contribution in [0.5, 0.6) is 5.75 Å². The van der Waals surface area contributed by atoms with E-state index in [2.05, 4.69) is 23.5 Å². The largest absolute Gasteiger partial charge is 0.497 e. The molecule has 3 aromatic rings. The fraction of sp³-hybridized carbons (Fsp3) is 0.136. The van der Waals surface area contributed by atoms with Crippen LogP contribution in [0.4, 0.5) is 0 Å². The summed E-state index contributed by atoms with van der Waals surface area (Å²) in [6.07, 6.45) is 4.25. The number of hydrogen-bond donors (Lipinski definition) is 1. The number of amides is 1. The summed E-state index contributed by atoms with van der Waals surface area (Å²) in [5, 5.41) is 5.24. The van der Waals surface area contributed by atoms with Crippen molar-refractivity contribution in [3.05, 3.63) is 83.9 Å². The summed E-state index contributed by atoms with van der Waals surface area (Å²) in [5.41, 5.74) is 2.21. The van der Waals surface area contributed by atoms with E-state index in [-0.39, 0.29) is 5.91 Å². The molecule has 0 aliphatic carbocycles. The minimum Gasteiger partial charge on any atom is -0.497 e. The van der Waals surface area contributed by atoms with Crippen LogP contribution in [0.1, 0.15) is 11.1 Å². The summed E-state index contributed by atoms with van der Waals surface area (Å²) < 4.78 is 5.14. The molecule has 0 aliphatic rings. The standard InChI is InChI=1S/C22H21NO2/c1-25-20-12-9-17(10-13-20)15-16-23-22(24)14-11-19-7-4-6-18-5-2-3-8-21(18)19/h2-14H,15-16H2,1H3,(H,23,24)/b14-11+. The molecule has 25 heavy (non-hydrogen) atoms. The normalized spacial score (nSPS) is 10.9. The van der Waals surface area contributed by atoms with Crippen molar-refractivity contribution in [3.63, 3.8) is 0 Å². The number of hydrogen-bond acceptors (Lipinski definition) is 2. The Hall–Kier alpha value is -3.07. The first-order chi connectivity index (χ1) is 12.3. The maximum Gasteiger partial charge on any atom is 0.244 e. The average Bonchev–Trinajstić information content (AvgIpc) is 2.67. The Morgan fingerprint density at radius 1 is 1.00 bits per heavy atom. The summed E-state index contributed by atoms with van der Waals surface area (Å²) >= 11 is 0. The van der Waals surface area contributed by atoms with Crippen molar-refractivity contribution < 1.29 is 9.53 Å². The predicted molar refractivity (Wildman–Crippen MR) is 103 cm³/mol. The highest BCUT2D eigenvalue weighted by Crippen LogP contribution is 2.19. The van der Waals surface area contributed by atoms with Crippen LogP contribution in [0.15, 0.2) is 72.8 Å². The average molecular weight is 331 g/mol. The number of carbonyl (C=O) groups excluding carboxylic acids is 1. The quantitative estimate of drug-likeness (QED) is 0.687. The van der Waals surface area contributed by atoms with E-state index >= 15 is 0 Å².